The van der Waals surface area contributed by atoms with Gasteiger partial charge in [0.15, 0.2) is 0 Å². The molecule has 1 aliphatic carbocycles. The van der Waals surface area contributed by atoms with Crippen LogP contribution in [0.1, 0.15) is 24.8 Å². The van der Waals surface area contributed by atoms with E-state index in [4.69, 9.17) is 23.7 Å². The van der Waals surface area contributed by atoms with Crippen LogP contribution in [0.2, 0.25) is 0 Å². The molecule has 1 aromatic rings. The smallest absolute Gasteiger partial charge is 0.0718 e. The summed E-state index contributed by atoms with van der Waals surface area (Å²) in [6, 6.07) is 10.1. The summed E-state index contributed by atoms with van der Waals surface area (Å²) in [5, 5.41) is 0. The van der Waals surface area contributed by atoms with E-state index in [1.165, 1.54) is 24.8 Å². The van der Waals surface area contributed by atoms with Gasteiger partial charge in [0.05, 0.1) is 65.6 Å². The highest BCUT2D eigenvalue weighted by molar-refractivity contribution is 5.13. The molecule has 5 nitrogen and oxygen atoms in total. The van der Waals surface area contributed by atoms with E-state index in [0.717, 1.165) is 0 Å². The molecule has 1 fully saturated rings. The third kappa shape index (κ3) is 9.35. The van der Waals surface area contributed by atoms with Gasteiger partial charge in [-0.3, -0.25) is 0 Å². The van der Waals surface area contributed by atoms with E-state index >= 15 is 0 Å². The van der Waals surface area contributed by atoms with E-state index in [-0.39, 0.29) is 0 Å². The minimum absolute atomic E-state index is 0.485. The molecule has 0 unspecified atom stereocenters. The Balaban J connectivity index is 1.24. The van der Waals surface area contributed by atoms with E-state index in [2.05, 4.69) is 12.1 Å². The van der Waals surface area contributed by atoms with Crippen molar-refractivity contribution >= 4 is 0 Å². The number of hydrogen-bond acceptors (Lipinski definition) is 5. The molecule has 2 rings (SSSR count). The van der Waals surface area contributed by atoms with Gasteiger partial charge in [-0.1, -0.05) is 30.3 Å². The van der Waals surface area contributed by atoms with Gasteiger partial charge in [-0.2, -0.15) is 0 Å². The first-order chi connectivity index (χ1) is 11.9. The zero-order valence-corrected chi connectivity index (χ0v) is 14.5. The average molecular weight is 338 g/mol. The number of benzene rings is 1. The Bertz CT molecular complexity index is 394. The van der Waals surface area contributed by atoms with Crippen LogP contribution in [0, 0.1) is 0 Å². The molecular formula is C19H30O5. The van der Waals surface area contributed by atoms with Crippen molar-refractivity contribution in [3.8, 4) is 0 Å². The van der Waals surface area contributed by atoms with Crippen LogP contribution in [0.3, 0.4) is 0 Å². The number of hydrogen-bond donors (Lipinski definition) is 0. The predicted octanol–water partition coefficient (Wildman–Crippen LogP) is 2.82. The highest BCUT2D eigenvalue weighted by Gasteiger charge is 2.16. The van der Waals surface area contributed by atoms with E-state index in [1.807, 2.05) is 18.2 Å². The maximum Gasteiger partial charge on any atom is 0.0718 e. The van der Waals surface area contributed by atoms with E-state index in [0.29, 0.717) is 65.6 Å². The minimum Gasteiger partial charge on any atom is -0.377 e. The highest BCUT2D eigenvalue weighted by atomic mass is 16.6. The highest BCUT2D eigenvalue weighted by Crippen LogP contribution is 2.21. The summed E-state index contributed by atoms with van der Waals surface area (Å²) in [7, 11) is 0. The fourth-order valence-corrected chi connectivity index (χ4v) is 2.24. The van der Waals surface area contributed by atoms with Crippen molar-refractivity contribution in [2.24, 2.45) is 0 Å². The fourth-order valence-electron chi connectivity index (χ4n) is 2.24. The van der Waals surface area contributed by atoms with Crippen molar-refractivity contribution in [1.82, 2.24) is 0 Å². The summed E-state index contributed by atoms with van der Waals surface area (Å²) in [6.07, 6.45) is 4.21. The molecule has 0 saturated heterocycles. The zero-order valence-electron chi connectivity index (χ0n) is 14.5. The molecule has 0 aromatic heterocycles. The summed E-state index contributed by atoms with van der Waals surface area (Å²) < 4.78 is 27.5. The molecule has 1 aromatic carbocycles. The Morgan fingerprint density at radius 1 is 0.667 bits per heavy atom. The Morgan fingerprint density at radius 3 is 1.75 bits per heavy atom. The number of ether oxygens (including phenoxy) is 5. The summed E-state index contributed by atoms with van der Waals surface area (Å²) in [5.74, 6) is 0. The summed E-state index contributed by atoms with van der Waals surface area (Å²) in [6.45, 7) is 5.52. The normalized spacial score (nSPS) is 14.7. The second-order valence-corrected chi connectivity index (χ2v) is 5.80. The van der Waals surface area contributed by atoms with Crippen molar-refractivity contribution in [2.75, 3.05) is 52.9 Å². The maximum atomic E-state index is 5.60. The van der Waals surface area contributed by atoms with Gasteiger partial charge >= 0.3 is 0 Å². The molecular weight excluding hydrogens is 308 g/mol. The molecule has 0 bridgehead atoms. The van der Waals surface area contributed by atoms with Gasteiger partial charge in [0.1, 0.15) is 0 Å². The van der Waals surface area contributed by atoms with Crippen molar-refractivity contribution in [3.05, 3.63) is 35.9 Å². The fraction of sp³-hybridized carbons (Fsp3) is 0.684. The molecule has 0 aliphatic heterocycles. The molecule has 0 radical (unpaired) electrons. The summed E-state index contributed by atoms with van der Waals surface area (Å²) in [4.78, 5) is 0. The molecule has 0 spiro atoms. The Hall–Kier alpha value is -0.980. The lowest BCUT2D eigenvalue weighted by Crippen LogP contribution is -2.23. The van der Waals surface area contributed by atoms with Gasteiger partial charge in [0.2, 0.25) is 0 Å². The van der Waals surface area contributed by atoms with Crippen LogP contribution in [-0.4, -0.2) is 59.0 Å². The van der Waals surface area contributed by atoms with Crippen LogP contribution in [0.4, 0.5) is 0 Å². The molecule has 0 N–H and O–H groups in total. The van der Waals surface area contributed by atoms with E-state index in [1.54, 1.807) is 0 Å². The SMILES string of the molecule is c1ccc(COCCOCCOCCOCCOC2CCC2)cc1. The van der Waals surface area contributed by atoms with Gasteiger partial charge in [0.25, 0.3) is 0 Å². The van der Waals surface area contributed by atoms with Crippen molar-refractivity contribution in [1.29, 1.82) is 0 Å². The number of rotatable bonds is 15. The van der Waals surface area contributed by atoms with E-state index < -0.39 is 0 Å². The topological polar surface area (TPSA) is 46.2 Å². The van der Waals surface area contributed by atoms with Crippen LogP contribution in [0.25, 0.3) is 0 Å². The second-order valence-electron chi connectivity index (χ2n) is 5.80. The Morgan fingerprint density at radius 2 is 1.21 bits per heavy atom. The molecule has 1 saturated carbocycles. The third-order valence-corrected chi connectivity index (χ3v) is 3.86. The van der Waals surface area contributed by atoms with Crippen molar-refractivity contribution in [2.45, 2.75) is 32.0 Å². The second kappa shape index (κ2) is 13.3. The molecule has 1 aliphatic rings. The van der Waals surface area contributed by atoms with Gasteiger partial charge in [0, 0.05) is 0 Å². The first-order valence-corrected chi connectivity index (χ1v) is 8.91. The van der Waals surface area contributed by atoms with Gasteiger partial charge < -0.3 is 23.7 Å². The largest absolute Gasteiger partial charge is 0.377 e. The summed E-state index contributed by atoms with van der Waals surface area (Å²) in [5.41, 5.74) is 1.18. The standard InChI is InChI=1S/C19H30O5/c1-2-5-18(6-3-1)17-23-14-13-21-10-9-20-11-12-22-15-16-24-19-7-4-8-19/h1-3,5-6,19H,4,7-17H2. The van der Waals surface area contributed by atoms with Crippen LogP contribution in [-0.2, 0) is 30.3 Å². The molecule has 0 atom stereocenters. The van der Waals surface area contributed by atoms with Crippen molar-refractivity contribution in [3.63, 3.8) is 0 Å². The lowest BCUT2D eigenvalue weighted by atomic mass is 9.96. The molecule has 5 heteroatoms. The lowest BCUT2D eigenvalue weighted by molar-refractivity contribution is -0.0412. The van der Waals surface area contributed by atoms with E-state index in [9.17, 15) is 0 Å². The Labute approximate surface area is 145 Å². The zero-order chi connectivity index (χ0) is 16.7. The first kappa shape index (κ1) is 19.3. The average Bonchev–Trinajstić information content (AvgIpc) is 2.57. The van der Waals surface area contributed by atoms with Crippen molar-refractivity contribution < 1.29 is 23.7 Å². The third-order valence-electron chi connectivity index (χ3n) is 3.86. The molecule has 136 valence electrons. The first-order valence-electron chi connectivity index (χ1n) is 8.91. The van der Waals surface area contributed by atoms with Crippen LogP contribution >= 0.6 is 0 Å². The van der Waals surface area contributed by atoms with Crippen LogP contribution in [0.5, 0.6) is 0 Å². The minimum atomic E-state index is 0.485. The van der Waals surface area contributed by atoms with Gasteiger partial charge in [-0.15, -0.1) is 0 Å². The van der Waals surface area contributed by atoms with Gasteiger partial charge in [-0.25, -0.2) is 0 Å². The maximum absolute atomic E-state index is 5.60. The molecule has 24 heavy (non-hydrogen) atoms. The van der Waals surface area contributed by atoms with Gasteiger partial charge in [-0.05, 0) is 24.8 Å². The quantitative estimate of drug-likeness (QED) is 0.460. The van der Waals surface area contributed by atoms with Crippen LogP contribution in [0.15, 0.2) is 30.3 Å². The monoisotopic (exact) mass is 338 g/mol. The molecule has 0 heterocycles. The van der Waals surface area contributed by atoms with Crippen LogP contribution < -0.4 is 0 Å². The Kier molecular flexibility index (Phi) is 10.7. The molecule has 0 amide bonds. The summed E-state index contributed by atoms with van der Waals surface area (Å²) >= 11 is 0. The predicted molar refractivity (Wildman–Crippen MR) is 92.1 cm³/mol. The lowest BCUT2D eigenvalue weighted by Gasteiger charge is -2.25.